The summed E-state index contributed by atoms with van der Waals surface area (Å²) in [5.74, 6) is 1.22. The van der Waals surface area contributed by atoms with Gasteiger partial charge in [0.25, 0.3) is 11.5 Å². The zero-order valence-electron chi connectivity index (χ0n) is 22.6. The molecule has 8 nitrogen and oxygen atoms in total. The second-order valence-electron chi connectivity index (χ2n) is 9.74. The van der Waals surface area contributed by atoms with Gasteiger partial charge in [0, 0.05) is 28.9 Å². The Balaban J connectivity index is 1.32. The zero-order chi connectivity index (χ0) is 27.8. The van der Waals surface area contributed by atoms with Gasteiger partial charge in [-0.1, -0.05) is 30.3 Å². The van der Waals surface area contributed by atoms with Crippen LogP contribution in [0.25, 0.3) is 38.1 Å². The Morgan fingerprint density at radius 1 is 0.975 bits per heavy atom. The molecule has 0 bridgehead atoms. The number of hydrogen-bond acceptors (Lipinski definition) is 6. The minimum absolute atomic E-state index is 0.174. The Labute approximate surface area is 230 Å². The molecule has 40 heavy (non-hydrogen) atoms. The van der Waals surface area contributed by atoms with Crippen molar-refractivity contribution in [1.82, 2.24) is 14.7 Å². The molecule has 3 aromatic heterocycles. The number of hydrogen-bond donors (Lipinski definition) is 1. The first-order valence-corrected chi connectivity index (χ1v) is 13.2. The van der Waals surface area contributed by atoms with Crippen LogP contribution in [-0.4, -0.2) is 42.2 Å². The number of pyridine rings is 2. The van der Waals surface area contributed by atoms with Crippen LogP contribution in [0.5, 0.6) is 17.2 Å². The fourth-order valence-electron chi connectivity index (χ4n) is 5.42. The van der Waals surface area contributed by atoms with E-state index in [4.69, 9.17) is 14.2 Å². The lowest BCUT2D eigenvalue weighted by molar-refractivity contribution is -0.127. The highest BCUT2D eigenvalue weighted by Gasteiger charge is 2.23. The number of aromatic nitrogens is 2. The number of nitrogens with one attached hydrogen (secondary N) is 1. The number of benzene rings is 3. The summed E-state index contributed by atoms with van der Waals surface area (Å²) in [6, 6.07) is 21.2. The van der Waals surface area contributed by atoms with Gasteiger partial charge in [-0.3, -0.25) is 19.0 Å². The molecule has 3 heterocycles. The standard InChI is InChI=1S/C32H29N3O5/c1-19(31(36)34-16-7-10-20-8-5-4-6-9-20)40-21-11-13-25-24(18-21)22-15-17-33-28-23-12-14-26(38-2)30(39-3)27(23)32(37)35(25)29(22)28/h4-6,8-9,11-15,17-19H,7,10,16H2,1-3H3,(H,34,36)/t19-/m0/s1. The quantitative estimate of drug-likeness (QED) is 0.204. The van der Waals surface area contributed by atoms with E-state index in [1.807, 2.05) is 42.5 Å². The van der Waals surface area contributed by atoms with E-state index in [1.165, 1.54) is 12.7 Å². The Morgan fingerprint density at radius 3 is 2.58 bits per heavy atom. The molecule has 0 saturated heterocycles. The Morgan fingerprint density at radius 2 is 1.80 bits per heavy atom. The average Bonchev–Trinajstić information content (AvgIpc) is 3.32. The van der Waals surface area contributed by atoms with Crippen LogP contribution in [0.2, 0.25) is 0 Å². The van der Waals surface area contributed by atoms with E-state index in [0.29, 0.717) is 40.1 Å². The molecule has 8 heteroatoms. The fraction of sp³-hybridized carbons (Fsp3) is 0.219. The maximum atomic E-state index is 13.9. The number of aryl methyl sites for hydroxylation is 1. The average molecular weight is 536 g/mol. The van der Waals surface area contributed by atoms with Crippen molar-refractivity contribution in [2.24, 2.45) is 0 Å². The first-order chi connectivity index (χ1) is 19.5. The summed E-state index contributed by atoms with van der Waals surface area (Å²) in [6.07, 6.45) is 2.79. The van der Waals surface area contributed by atoms with Gasteiger partial charge in [0.15, 0.2) is 17.6 Å². The third-order valence-electron chi connectivity index (χ3n) is 7.33. The molecule has 1 N–H and O–H groups in total. The van der Waals surface area contributed by atoms with Crippen molar-refractivity contribution < 1.29 is 19.0 Å². The monoisotopic (exact) mass is 535 g/mol. The van der Waals surface area contributed by atoms with E-state index >= 15 is 0 Å². The largest absolute Gasteiger partial charge is 0.493 e. The highest BCUT2D eigenvalue weighted by Crippen LogP contribution is 2.39. The molecule has 6 rings (SSSR count). The number of carbonyl (C=O) groups excluding carboxylic acids is 1. The van der Waals surface area contributed by atoms with Crippen LogP contribution in [0.3, 0.4) is 0 Å². The SMILES string of the molecule is COc1ccc2c(c1OC)c(=O)n1c3ccc(O[C@@H](C)C(=O)NCCCc4ccccc4)cc3c3ccnc2c31. The van der Waals surface area contributed by atoms with E-state index in [1.54, 1.807) is 36.8 Å². The van der Waals surface area contributed by atoms with E-state index in [2.05, 4.69) is 22.4 Å². The summed E-state index contributed by atoms with van der Waals surface area (Å²) in [5, 5.41) is 5.77. The number of nitrogens with zero attached hydrogens (tertiary/aromatic N) is 2. The summed E-state index contributed by atoms with van der Waals surface area (Å²) in [5.41, 5.74) is 3.16. The fourth-order valence-corrected chi connectivity index (χ4v) is 5.42. The maximum absolute atomic E-state index is 13.9. The third kappa shape index (κ3) is 4.22. The van der Waals surface area contributed by atoms with E-state index in [0.717, 1.165) is 34.6 Å². The van der Waals surface area contributed by atoms with Gasteiger partial charge >= 0.3 is 0 Å². The minimum atomic E-state index is -0.682. The van der Waals surface area contributed by atoms with E-state index in [-0.39, 0.29) is 11.5 Å². The molecule has 202 valence electrons. The Bertz CT molecular complexity index is 1920. The van der Waals surface area contributed by atoms with E-state index < -0.39 is 6.10 Å². The summed E-state index contributed by atoms with van der Waals surface area (Å²) < 4.78 is 18.8. The number of rotatable bonds is 9. The van der Waals surface area contributed by atoms with Gasteiger partial charge in [0.1, 0.15) is 5.75 Å². The highest BCUT2D eigenvalue weighted by atomic mass is 16.5. The lowest BCUT2D eigenvalue weighted by atomic mass is 10.1. The molecular formula is C32H29N3O5. The van der Waals surface area contributed by atoms with E-state index in [9.17, 15) is 9.59 Å². The van der Waals surface area contributed by atoms with Gasteiger partial charge in [-0.2, -0.15) is 0 Å². The van der Waals surface area contributed by atoms with Crippen LogP contribution >= 0.6 is 0 Å². The summed E-state index contributed by atoms with van der Waals surface area (Å²) in [4.78, 5) is 31.2. The molecule has 0 spiro atoms. The number of fused-ring (bicyclic) bond motifs is 5. The van der Waals surface area contributed by atoms with Gasteiger partial charge in [0.05, 0.1) is 36.2 Å². The predicted octanol–water partition coefficient (Wildman–Crippen LogP) is 5.13. The predicted molar refractivity (Wildman–Crippen MR) is 156 cm³/mol. The summed E-state index contributed by atoms with van der Waals surface area (Å²) in [7, 11) is 3.06. The molecule has 0 fully saturated rings. The second-order valence-corrected chi connectivity index (χ2v) is 9.74. The molecule has 1 atom stereocenters. The number of ether oxygens (including phenoxy) is 3. The summed E-state index contributed by atoms with van der Waals surface area (Å²) >= 11 is 0. The molecular weight excluding hydrogens is 506 g/mol. The zero-order valence-corrected chi connectivity index (χ0v) is 22.6. The van der Waals surface area contributed by atoms with Crippen molar-refractivity contribution in [3.63, 3.8) is 0 Å². The van der Waals surface area contributed by atoms with Crippen LogP contribution in [0.15, 0.2) is 77.7 Å². The van der Waals surface area contributed by atoms with Gasteiger partial charge in [-0.15, -0.1) is 0 Å². The smallest absolute Gasteiger partial charge is 0.267 e. The third-order valence-corrected chi connectivity index (χ3v) is 7.33. The summed E-state index contributed by atoms with van der Waals surface area (Å²) in [6.45, 7) is 2.30. The van der Waals surface area contributed by atoms with Crippen molar-refractivity contribution in [2.45, 2.75) is 25.9 Å². The van der Waals surface area contributed by atoms with Gasteiger partial charge in [0.2, 0.25) is 0 Å². The van der Waals surface area contributed by atoms with Crippen molar-refractivity contribution in [3.05, 3.63) is 88.8 Å². The molecule has 0 aliphatic rings. The lowest BCUT2D eigenvalue weighted by Gasteiger charge is -2.15. The molecule has 1 amide bonds. The molecule has 0 aliphatic carbocycles. The topological polar surface area (TPSA) is 91.2 Å². The maximum Gasteiger partial charge on any atom is 0.267 e. The number of carbonyl (C=O) groups is 1. The first-order valence-electron chi connectivity index (χ1n) is 13.2. The van der Waals surface area contributed by atoms with Gasteiger partial charge in [-0.25, -0.2) is 0 Å². The van der Waals surface area contributed by atoms with Crippen molar-refractivity contribution in [3.8, 4) is 17.2 Å². The first kappa shape index (κ1) is 25.4. The van der Waals surface area contributed by atoms with Crippen molar-refractivity contribution in [1.29, 1.82) is 0 Å². The van der Waals surface area contributed by atoms with Crippen LogP contribution in [0.4, 0.5) is 0 Å². The van der Waals surface area contributed by atoms with Crippen LogP contribution < -0.4 is 25.1 Å². The molecule has 0 aliphatic heterocycles. The highest BCUT2D eigenvalue weighted by molar-refractivity contribution is 6.19. The molecule has 0 saturated carbocycles. The van der Waals surface area contributed by atoms with Crippen LogP contribution in [0.1, 0.15) is 18.9 Å². The van der Waals surface area contributed by atoms with Gasteiger partial charge in [-0.05, 0) is 61.7 Å². The van der Waals surface area contributed by atoms with Crippen LogP contribution in [-0.2, 0) is 11.2 Å². The number of amides is 1. The van der Waals surface area contributed by atoms with Crippen molar-refractivity contribution >= 4 is 44.0 Å². The van der Waals surface area contributed by atoms with Crippen molar-refractivity contribution in [2.75, 3.05) is 20.8 Å². The molecule has 3 aromatic carbocycles. The minimum Gasteiger partial charge on any atom is -0.493 e. The normalized spacial score (nSPS) is 12.3. The van der Waals surface area contributed by atoms with Crippen LogP contribution in [0, 0.1) is 0 Å². The molecule has 0 radical (unpaired) electrons. The second kappa shape index (κ2) is 10.4. The molecule has 0 unspecified atom stereocenters. The molecule has 6 aromatic rings. The lowest BCUT2D eigenvalue weighted by Crippen LogP contribution is -2.36. The number of methoxy groups -OCH3 is 2. The van der Waals surface area contributed by atoms with Gasteiger partial charge < -0.3 is 19.5 Å². The Kier molecular flexibility index (Phi) is 6.59. The Hall–Kier alpha value is -4.85.